The number of rotatable bonds is 5. The molecule has 0 saturated carbocycles. The minimum atomic E-state index is -0.235. The van der Waals surface area contributed by atoms with Gasteiger partial charge in [0, 0.05) is 19.1 Å². The van der Waals surface area contributed by atoms with Gasteiger partial charge in [-0.2, -0.15) is 0 Å². The summed E-state index contributed by atoms with van der Waals surface area (Å²) in [7, 11) is 0. The van der Waals surface area contributed by atoms with E-state index in [1.807, 2.05) is 17.0 Å². The van der Waals surface area contributed by atoms with Crippen molar-refractivity contribution >= 4 is 23.6 Å². The summed E-state index contributed by atoms with van der Waals surface area (Å²) < 4.78 is 10.7. The molecule has 0 bridgehead atoms. The number of piperidine rings is 1. The van der Waals surface area contributed by atoms with Crippen molar-refractivity contribution in [2.75, 3.05) is 37.7 Å². The Bertz CT molecular complexity index is 819. The van der Waals surface area contributed by atoms with Crippen LogP contribution in [-0.4, -0.2) is 72.6 Å². The molecule has 1 aromatic rings. The maximum absolute atomic E-state index is 12.9. The average Bonchev–Trinajstić information content (AvgIpc) is 3.09. The van der Waals surface area contributed by atoms with Crippen LogP contribution in [0.15, 0.2) is 24.3 Å². The molecule has 3 heterocycles. The normalized spacial score (nSPS) is 22.2. The number of benzene rings is 1. The Hall–Kier alpha value is -2.77. The number of nitrogens with zero attached hydrogens (tertiary/aromatic N) is 3. The number of fused-ring (bicyclic) bond motifs is 1. The van der Waals surface area contributed by atoms with Crippen molar-refractivity contribution in [3.63, 3.8) is 0 Å². The molecule has 30 heavy (non-hydrogen) atoms. The summed E-state index contributed by atoms with van der Waals surface area (Å²) >= 11 is 0. The van der Waals surface area contributed by atoms with Crippen LogP contribution in [0, 0.1) is 5.92 Å². The smallest absolute Gasteiger partial charge is 0.410 e. The lowest BCUT2D eigenvalue weighted by Crippen LogP contribution is -2.52. The Morgan fingerprint density at radius 3 is 2.60 bits per heavy atom. The molecule has 1 atom stereocenters. The van der Waals surface area contributed by atoms with E-state index in [1.54, 1.807) is 17.0 Å². The topological polar surface area (TPSA) is 79.4 Å². The Kier molecular flexibility index (Phi) is 5.83. The van der Waals surface area contributed by atoms with Crippen LogP contribution in [0.25, 0.3) is 0 Å². The van der Waals surface area contributed by atoms with Gasteiger partial charge in [-0.05, 0) is 37.3 Å². The molecule has 0 N–H and O–H groups in total. The Morgan fingerprint density at radius 1 is 1.13 bits per heavy atom. The number of hydrogen-bond acceptors (Lipinski definition) is 5. The first-order valence-corrected chi connectivity index (χ1v) is 10.7. The van der Waals surface area contributed by atoms with E-state index in [4.69, 9.17) is 9.47 Å². The van der Waals surface area contributed by atoms with E-state index in [9.17, 15) is 14.4 Å². The van der Waals surface area contributed by atoms with Gasteiger partial charge in [-0.3, -0.25) is 19.4 Å². The number of cyclic esters (lactones) is 1. The molecule has 0 spiro atoms. The number of ether oxygens (including phenoxy) is 2. The molecular formula is C22H29N3O5. The zero-order chi connectivity index (χ0) is 21.3. The minimum absolute atomic E-state index is 0.00556. The van der Waals surface area contributed by atoms with Gasteiger partial charge in [-0.25, -0.2) is 4.79 Å². The van der Waals surface area contributed by atoms with E-state index in [-0.39, 0.29) is 43.1 Å². The van der Waals surface area contributed by atoms with Gasteiger partial charge in [-0.1, -0.05) is 26.0 Å². The van der Waals surface area contributed by atoms with E-state index in [2.05, 4.69) is 13.8 Å². The number of carbonyl (C=O) groups excluding carboxylic acids is 3. The highest BCUT2D eigenvalue weighted by atomic mass is 16.6. The molecule has 3 aliphatic heterocycles. The van der Waals surface area contributed by atoms with E-state index < -0.39 is 0 Å². The van der Waals surface area contributed by atoms with Crippen molar-refractivity contribution in [3.8, 4) is 5.75 Å². The number of anilines is 1. The molecule has 0 aromatic heterocycles. The SMILES string of the molecule is CC(C)C[C@@H]1COC(=O)N1C1CCN(C(=O)CN2C(=O)COc3ccccc32)CC1. The molecular weight excluding hydrogens is 386 g/mol. The van der Waals surface area contributed by atoms with Crippen LogP contribution in [0.1, 0.15) is 33.1 Å². The molecule has 3 amide bonds. The second-order valence-electron chi connectivity index (χ2n) is 8.62. The first kappa shape index (κ1) is 20.5. The van der Waals surface area contributed by atoms with E-state index in [0.717, 1.165) is 19.3 Å². The molecule has 1 aromatic carbocycles. The number of para-hydroxylation sites is 2. The molecule has 8 heteroatoms. The summed E-state index contributed by atoms with van der Waals surface area (Å²) in [6, 6.07) is 7.47. The molecule has 0 radical (unpaired) electrons. The fourth-order valence-electron chi connectivity index (χ4n) is 4.60. The maximum atomic E-state index is 12.9. The number of likely N-dealkylation sites (tertiary alicyclic amines) is 1. The summed E-state index contributed by atoms with van der Waals surface area (Å²) in [5, 5.41) is 0. The van der Waals surface area contributed by atoms with Crippen molar-refractivity contribution in [2.24, 2.45) is 5.92 Å². The van der Waals surface area contributed by atoms with Crippen LogP contribution in [0.3, 0.4) is 0 Å². The van der Waals surface area contributed by atoms with Gasteiger partial charge in [0.25, 0.3) is 5.91 Å². The second kappa shape index (κ2) is 8.53. The van der Waals surface area contributed by atoms with Crippen LogP contribution in [0.2, 0.25) is 0 Å². The maximum Gasteiger partial charge on any atom is 0.410 e. The van der Waals surface area contributed by atoms with Gasteiger partial charge in [0.15, 0.2) is 6.61 Å². The lowest BCUT2D eigenvalue weighted by Gasteiger charge is -2.39. The summed E-state index contributed by atoms with van der Waals surface area (Å²) in [5.41, 5.74) is 0.633. The van der Waals surface area contributed by atoms with E-state index >= 15 is 0 Å². The predicted molar refractivity (Wildman–Crippen MR) is 110 cm³/mol. The summed E-state index contributed by atoms with van der Waals surface area (Å²) in [5.74, 6) is 0.810. The Labute approximate surface area is 176 Å². The molecule has 8 nitrogen and oxygen atoms in total. The molecule has 3 aliphatic rings. The molecule has 162 valence electrons. The molecule has 4 rings (SSSR count). The molecule has 2 saturated heterocycles. The summed E-state index contributed by atoms with van der Waals surface area (Å²) in [4.78, 5) is 42.7. The van der Waals surface area contributed by atoms with Gasteiger partial charge in [0.05, 0.1) is 11.7 Å². The Morgan fingerprint density at radius 2 is 1.87 bits per heavy atom. The summed E-state index contributed by atoms with van der Waals surface area (Å²) in [6.45, 7) is 5.84. The minimum Gasteiger partial charge on any atom is -0.482 e. The summed E-state index contributed by atoms with van der Waals surface area (Å²) in [6.07, 6.45) is 2.14. The lowest BCUT2D eigenvalue weighted by atomic mass is 9.98. The highest BCUT2D eigenvalue weighted by Crippen LogP contribution is 2.32. The van der Waals surface area contributed by atoms with Crippen molar-refractivity contribution in [3.05, 3.63) is 24.3 Å². The first-order valence-electron chi connectivity index (χ1n) is 10.7. The molecule has 0 unspecified atom stereocenters. The number of hydrogen-bond donors (Lipinski definition) is 0. The third kappa shape index (κ3) is 4.08. The van der Waals surface area contributed by atoms with Crippen molar-refractivity contribution in [2.45, 2.75) is 45.2 Å². The van der Waals surface area contributed by atoms with Gasteiger partial charge < -0.3 is 14.4 Å². The zero-order valence-electron chi connectivity index (χ0n) is 17.6. The largest absolute Gasteiger partial charge is 0.482 e. The third-order valence-corrected chi connectivity index (χ3v) is 6.06. The fraction of sp³-hybridized carbons (Fsp3) is 0.591. The van der Waals surface area contributed by atoms with E-state index in [0.29, 0.717) is 37.1 Å². The van der Waals surface area contributed by atoms with Gasteiger partial charge in [0.1, 0.15) is 18.9 Å². The Balaban J connectivity index is 1.36. The predicted octanol–water partition coefficient (Wildman–Crippen LogP) is 2.27. The average molecular weight is 415 g/mol. The lowest BCUT2D eigenvalue weighted by molar-refractivity contribution is -0.133. The highest BCUT2D eigenvalue weighted by molar-refractivity contribution is 6.02. The van der Waals surface area contributed by atoms with Gasteiger partial charge >= 0.3 is 6.09 Å². The van der Waals surface area contributed by atoms with Crippen LogP contribution in [-0.2, 0) is 14.3 Å². The number of amides is 3. The van der Waals surface area contributed by atoms with Gasteiger partial charge in [-0.15, -0.1) is 0 Å². The van der Waals surface area contributed by atoms with Crippen LogP contribution >= 0.6 is 0 Å². The van der Waals surface area contributed by atoms with Crippen molar-refractivity contribution < 1.29 is 23.9 Å². The van der Waals surface area contributed by atoms with Crippen molar-refractivity contribution in [1.82, 2.24) is 9.80 Å². The fourth-order valence-corrected chi connectivity index (χ4v) is 4.60. The van der Waals surface area contributed by atoms with Crippen LogP contribution in [0.4, 0.5) is 10.5 Å². The molecule has 2 fully saturated rings. The second-order valence-corrected chi connectivity index (χ2v) is 8.62. The highest BCUT2D eigenvalue weighted by Gasteiger charge is 2.40. The van der Waals surface area contributed by atoms with E-state index in [1.165, 1.54) is 4.90 Å². The molecule has 0 aliphatic carbocycles. The first-order chi connectivity index (χ1) is 14.4. The van der Waals surface area contributed by atoms with Crippen molar-refractivity contribution in [1.29, 1.82) is 0 Å². The van der Waals surface area contributed by atoms with Gasteiger partial charge in [0.2, 0.25) is 5.91 Å². The quantitative estimate of drug-likeness (QED) is 0.737. The standard InChI is InChI=1S/C22H29N3O5/c1-15(2)11-17-13-30-22(28)25(17)16-7-9-23(10-8-16)20(26)12-24-18-5-3-4-6-19(18)29-14-21(24)27/h3-6,15-17H,7-14H2,1-2H3/t17-/m1/s1. The zero-order valence-corrected chi connectivity index (χ0v) is 17.6. The van der Waals surface area contributed by atoms with Crippen LogP contribution < -0.4 is 9.64 Å². The van der Waals surface area contributed by atoms with Crippen LogP contribution in [0.5, 0.6) is 5.75 Å². The third-order valence-electron chi connectivity index (χ3n) is 6.06. The monoisotopic (exact) mass is 415 g/mol. The number of carbonyl (C=O) groups is 3.